The molecule has 1 aliphatic rings. The molecule has 0 aromatic heterocycles. The van der Waals surface area contributed by atoms with Gasteiger partial charge in [-0.2, -0.15) is 0 Å². The first kappa shape index (κ1) is 18.7. The number of hydrogen-bond acceptors (Lipinski definition) is 5. The maximum atomic E-state index is 12.6. The molecule has 1 atom stereocenters. The van der Waals surface area contributed by atoms with Crippen LogP contribution in [-0.4, -0.2) is 29.1 Å². The van der Waals surface area contributed by atoms with Crippen LogP contribution in [0.4, 0.5) is 5.69 Å². The van der Waals surface area contributed by atoms with Crippen molar-refractivity contribution in [1.29, 1.82) is 0 Å². The Balaban J connectivity index is 2.33. The molecule has 1 unspecified atom stereocenters. The average Bonchev–Trinajstić information content (AvgIpc) is 2.57. The monoisotopic (exact) mass is 344 g/mol. The lowest BCUT2D eigenvalue weighted by molar-refractivity contribution is -0.116. The number of ketones is 1. The predicted molar refractivity (Wildman–Crippen MR) is 96.7 cm³/mol. The Bertz CT molecular complexity index is 722. The summed E-state index contributed by atoms with van der Waals surface area (Å²) in [5.41, 5.74) is 2.25. The van der Waals surface area contributed by atoms with Crippen molar-refractivity contribution in [2.45, 2.75) is 46.0 Å². The minimum absolute atomic E-state index is 0.0270. The fourth-order valence-electron chi connectivity index (χ4n) is 3.03. The molecular weight excluding hydrogens is 320 g/mol. The van der Waals surface area contributed by atoms with Crippen molar-refractivity contribution in [3.8, 4) is 0 Å². The van der Waals surface area contributed by atoms with Crippen molar-refractivity contribution in [2.75, 3.05) is 11.9 Å². The fraction of sp³-hybridized carbons (Fsp3) is 0.421. The summed E-state index contributed by atoms with van der Waals surface area (Å²) in [5, 5.41) is 17.2. The Morgan fingerprint density at radius 3 is 2.64 bits per heavy atom. The summed E-state index contributed by atoms with van der Waals surface area (Å²) in [6.07, 6.45) is 1.07. The van der Waals surface area contributed by atoms with Crippen molar-refractivity contribution >= 4 is 23.1 Å². The summed E-state index contributed by atoms with van der Waals surface area (Å²) in [4.78, 5) is 29.1. The van der Waals surface area contributed by atoms with Gasteiger partial charge in [0.05, 0.1) is 11.3 Å². The van der Waals surface area contributed by atoms with Crippen LogP contribution in [0.15, 0.2) is 40.8 Å². The summed E-state index contributed by atoms with van der Waals surface area (Å²) in [7, 11) is 0. The van der Waals surface area contributed by atoms with Crippen LogP contribution in [0, 0.1) is 0 Å². The normalized spacial score (nSPS) is 18.3. The first-order valence-corrected chi connectivity index (χ1v) is 8.48. The number of para-hydroxylation sites is 1. The Morgan fingerprint density at radius 2 is 2.04 bits per heavy atom. The molecule has 6 nitrogen and oxygen atoms in total. The quantitative estimate of drug-likeness (QED) is 0.608. The molecular formula is C19H24N2O4. The van der Waals surface area contributed by atoms with Crippen LogP contribution in [0.2, 0.25) is 0 Å². The second-order valence-corrected chi connectivity index (χ2v) is 5.93. The van der Waals surface area contributed by atoms with Gasteiger partial charge in [0.2, 0.25) is 5.91 Å². The number of aliphatic hydroxyl groups excluding tert-OH is 1. The number of rotatable bonds is 6. The van der Waals surface area contributed by atoms with Gasteiger partial charge in [-0.05, 0) is 25.0 Å². The fourth-order valence-corrected chi connectivity index (χ4v) is 3.03. The molecule has 0 bridgehead atoms. The van der Waals surface area contributed by atoms with Gasteiger partial charge in [0.1, 0.15) is 12.4 Å². The van der Waals surface area contributed by atoms with E-state index in [1.807, 2.05) is 32.0 Å². The van der Waals surface area contributed by atoms with E-state index in [1.165, 1.54) is 6.92 Å². The van der Waals surface area contributed by atoms with E-state index in [0.29, 0.717) is 30.8 Å². The molecule has 25 heavy (non-hydrogen) atoms. The second kappa shape index (κ2) is 8.46. The molecule has 0 saturated carbocycles. The van der Waals surface area contributed by atoms with E-state index in [4.69, 9.17) is 4.84 Å². The Kier molecular flexibility index (Phi) is 6.33. The molecule has 1 aromatic carbocycles. The first-order valence-electron chi connectivity index (χ1n) is 8.48. The van der Waals surface area contributed by atoms with E-state index in [0.717, 1.165) is 5.56 Å². The third-order valence-corrected chi connectivity index (χ3v) is 4.08. The minimum Gasteiger partial charge on any atom is -0.511 e. The smallest absolute Gasteiger partial charge is 0.221 e. The van der Waals surface area contributed by atoms with Gasteiger partial charge < -0.3 is 15.3 Å². The Morgan fingerprint density at radius 1 is 1.32 bits per heavy atom. The number of anilines is 1. The van der Waals surface area contributed by atoms with E-state index >= 15 is 0 Å². The summed E-state index contributed by atoms with van der Waals surface area (Å²) in [6.45, 7) is 5.51. The third kappa shape index (κ3) is 4.47. The summed E-state index contributed by atoms with van der Waals surface area (Å²) < 4.78 is 0. The molecule has 0 spiro atoms. The van der Waals surface area contributed by atoms with E-state index in [2.05, 4.69) is 10.5 Å². The van der Waals surface area contributed by atoms with Gasteiger partial charge in [0.25, 0.3) is 0 Å². The van der Waals surface area contributed by atoms with Crippen LogP contribution in [0.25, 0.3) is 0 Å². The van der Waals surface area contributed by atoms with Crippen LogP contribution >= 0.6 is 0 Å². The highest BCUT2D eigenvalue weighted by Crippen LogP contribution is 2.37. The highest BCUT2D eigenvalue weighted by Gasteiger charge is 2.32. The molecule has 1 aliphatic carbocycles. The molecule has 0 fully saturated rings. The van der Waals surface area contributed by atoms with Crippen LogP contribution < -0.4 is 5.32 Å². The molecule has 0 radical (unpaired) electrons. The molecule has 0 aliphatic heterocycles. The van der Waals surface area contributed by atoms with Gasteiger partial charge in [0, 0.05) is 31.4 Å². The second-order valence-electron chi connectivity index (χ2n) is 5.93. The molecule has 2 rings (SSSR count). The zero-order valence-electron chi connectivity index (χ0n) is 14.8. The topological polar surface area (TPSA) is 88.0 Å². The van der Waals surface area contributed by atoms with Crippen molar-refractivity contribution < 1.29 is 19.5 Å². The molecule has 134 valence electrons. The van der Waals surface area contributed by atoms with Crippen molar-refractivity contribution in [1.82, 2.24) is 0 Å². The molecule has 2 N–H and O–H groups in total. The average molecular weight is 344 g/mol. The number of nitrogens with zero attached hydrogens (tertiary/aromatic N) is 1. The van der Waals surface area contributed by atoms with Gasteiger partial charge in [0.15, 0.2) is 5.78 Å². The zero-order valence-corrected chi connectivity index (χ0v) is 14.8. The highest BCUT2D eigenvalue weighted by molar-refractivity contribution is 6.23. The first-order chi connectivity index (χ1) is 12.0. The largest absolute Gasteiger partial charge is 0.511 e. The van der Waals surface area contributed by atoms with E-state index in [9.17, 15) is 14.7 Å². The lowest BCUT2D eigenvalue weighted by Gasteiger charge is -2.25. The molecule has 1 amide bonds. The van der Waals surface area contributed by atoms with Crippen LogP contribution in [0.1, 0.15) is 51.5 Å². The number of oxime groups is 1. The van der Waals surface area contributed by atoms with Gasteiger partial charge in [-0.25, -0.2) is 0 Å². The number of carbonyl (C=O) groups is 2. The number of carbonyl (C=O) groups excluding carboxylic acids is 2. The van der Waals surface area contributed by atoms with Crippen molar-refractivity contribution in [3.63, 3.8) is 0 Å². The molecule has 1 aromatic rings. The molecule has 6 heteroatoms. The maximum Gasteiger partial charge on any atom is 0.221 e. The van der Waals surface area contributed by atoms with Gasteiger partial charge in [-0.3, -0.25) is 9.59 Å². The third-order valence-electron chi connectivity index (χ3n) is 4.08. The number of Topliss-reactive ketones (excluding diaryl/α,β-unsaturated/α-hetero) is 1. The number of benzene rings is 1. The number of allylic oxidation sites excluding steroid dienone is 2. The maximum absolute atomic E-state index is 12.6. The van der Waals surface area contributed by atoms with E-state index in [-0.39, 0.29) is 35.4 Å². The lowest BCUT2D eigenvalue weighted by atomic mass is 9.80. The minimum atomic E-state index is -0.190. The zero-order chi connectivity index (χ0) is 18.4. The van der Waals surface area contributed by atoms with Gasteiger partial charge in [-0.15, -0.1) is 0 Å². The van der Waals surface area contributed by atoms with E-state index < -0.39 is 0 Å². The summed E-state index contributed by atoms with van der Waals surface area (Å²) in [6, 6.07) is 7.35. The summed E-state index contributed by atoms with van der Waals surface area (Å²) in [5.74, 6) is -0.498. The Hall–Kier alpha value is -2.63. The van der Waals surface area contributed by atoms with Crippen molar-refractivity contribution in [3.05, 3.63) is 41.2 Å². The summed E-state index contributed by atoms with van der Waals surface area (Å²) >= 11 is 0. The number of aliphatic hydroxyl groups is 1. The predicted octanol–water partition coefficient (Wildman–Crippen LogP) is 3.71. The number of hydrogen-bond donors (Lipinski definition) is 2. The van der Waals surface area contributed by atoms with Gasteiger partial charge >= 0.3 is 0 Å². The molecule has 0 saturated heterocycles. The Labute approximate surface area is 147 Å². The van der Waals surface area contributed by atoms with Crippen molar-refractivity contribution in [2.24, 2.45) is 5.16 Å². The number of nitrogens with one attached hydrogen (secondary N) is 1. The lowest BCUT2D eigenvalue weighted by Crippen LogP contribution is -2.24. The van der Waals surface area contributed by atoms with Crippen LogP contribution in [0.3, 0.4) is 0 Å². The highest BCUT2D eigenvalue weighted by atomic mass is 16.6. The standard InChI is InChI=1S/C19H24N2O4/c1-4-15(21-25-5-2)19-17(23)10-13(11-18(19)24)14-8-6-7-9-16(14)20-12(3)22/h6-9,13,23H,4-5,10-11H2,1-3H3,(H,20,22)/b21-15-. The molecule has 0 heterocycles. The van der Waals surface area contributed by atoms with Gasteiger partial charge in [-0.1, -0.05) is 30.3 Å². The number of amides is 1. The van der Waals surface area contributed by atoms with E-state index in [1.54, 1.807) is 6.07 Å². The van der Waals surface area contributed by atoms with Crippen LogP contribution in [0.5, 0.6) is 0 Å². The van der Waals surface area contributed by atoms with Crippen LogP contribution in [-0.2, 0) is 14.4 Å². The SMILES string of the molecule is CCO/N=C(/CC)C1=C(O)CC(c2ccccc2NC(C)=O)CC1=O.